The molecule has 0 saturated carbocycles. The molecule has 0 fully saturated rings. The number of nitrogens with zero attached hydrogens (tertiary/aromatic N) is 2. The second kappa shape index (κ2) is 12.3. The van der Waals surface area contributed by atoms with Crippen molar-refractivity contribution in [3.8, 4) is 0 Å². The van der Waals surface area contributed by atoms with Crippen LogP contribution in [-0.4, -0.2) is 52.8 Å². The lowest BCUT2D eigenvalue weighted by Crippen LogP contribution is -2.48. The molecule has 0 spiro atoms. The van der Waals surface area contributed by atoms with E-state index in [1.165, 1.54) is 19.4 Å². The van der Waals surface area contributed by atoms with E-state index in [4.69, 9.17) is 16.3 Å². The maximum absolute atomic E-state index is 13.6. The van der Waals surface area contributed by atoms with E-state index in [0.717, 1.165) is 62.4 Å². The number of pyridine rings is 2. The van der Waals surface area contributed by atoms with E-state index >= 15 is 0 Å². The summed E-state index contributed by atoms with van der Waals surface area (Å²) in [4.78, 5) is 32.9. The minimum absolute atomic E-state index is 0.0105. The molecule has 3 N–H and O–H groups in total. The number of aliphatic carboxylic acids is 1. The Balaban J connectivity index is 1.40. The van der Waals surface area contributed by atoms with Gasteiger partial charge in [0.15, 0.2) is 0 Å². The van der Waals surface area contributed by atoms with Gasteiger partial charge in [-0.3, -0.25) is 4.79 Å². The Hall–Kier alpha value is -2.78. The monoisotopic (exact) mass is 506 g/mol. The smallest absolute Gasteiger partial charge is 0.326 e. The lowest BCUT2D eigenvalue weighted by atomic mass is 9.84. The van der Waals surface area contributed by atoms with Gasteiger partial charge in [-0.25, -0.2) is 19.2 Å². The molecule has 35 heavy (non-hydrogen) atoms. The van der Waals surface area contributed by atoms with Crippen LogP contribution in [0.4, 0.5) is 10.2 Å². The number of hydrogen-bond acceptors (Lipinski definition) is 6. The Morgan fingerprint density at radius 3 is 2.89 bits per heavy atom. The van der Waals surface area contributed by atoms with Gasteiger partial charge in [0.2, 0.25) is 5.91 Å². The first kappa shape index (κ1) is 26.8. The normalized spacial score (nSPS) is 14.1. The van der Waals surface area contributed by atoms with Crippen LogP contribution >= 0.6 is 11.6 Å². The first-order valence-corrected chi connectivity index (χ1v) is 12.2. The Bertz CT molecular complexity index is 1050. The number of aryl methyl sites for hydroxylation is 2. The van der Waals surface area contributed by atoms with Gasteiger partial charge in [-0.1, -0.05) is 17.7 Å². The lowest BCUT2D eigenvalue weighted by Gasteiger charge is -2.27. The molecular weight excluding hydrogens is 475 g/mol. The zero-order valence-corrected chi connectivity index (χ0v) is 20.8. The molecule has 8 nitrogen and oxygen atoms in total. The number of unbranched alkanes of at least 4 members (excludes halogenated alkanes) is 1. The van der Waals surface area contributed by atoms with Crippen LogP contribution in [0.15, 0.2) is 24.4 Å². The number of nitrogens with one attached hydrogen (secondary N) is 2. The van der Waals surface area contributed by atoms with Crippen LogP contribution in [0.3, 0.4) is 0 Å². The molecule has 0 aromatic carbocycles. The van der Waals surface area contributed by atoms with Crippen LogP contribution in [-0.2, 0) is 32.6 Å². The average Bonchev–Trinajstić information content (AvgIpc) is 2.83. The molecule has 0 radical (unpaired) electrons. The average molecular weight is 507 g/mol. The highest BCUT2D eigenvalue weighted by atomic mass is 35.5. The number of carbonyl (C=O) groups is 2. The van der Waals surface area contributed by atoms with Gasteiger partial charge in [-0.05, 0) is 63.6 Å². The van der Waals surface area contributed by atoms with Gasteiger partial charge in [0, 0.05) is 37.4 Å². The molecule has 2 aromatic heterocycles. The molecule has 1 atom stereocenters. The van der Waals surface area contributed by atoms with Crippen molar-refractivity contribution in [1.29, 1.82) is 0 Å². The number of ether oxygens (including phenoxy) is 1. The van der Waals surface area contributed by atoms with Crippen LogP contribution < -0.4 is 10.6 Å². The number of rotatable bonds is 12. The molecule has 3 heterocycles. The molecule has 3 rings (SSSR count). The third-order valence-corrected chi connectivity index (χ3v) is 6.43. The summed E-state index contributed by atoms with van der Waals surface area (Å²) in [6.45, 7) is 4.70. The zero-order chi connectivity index (χ0) is 25.4. The summed E-state index contributed by atoms with van der Waals surface area (Å²) in [5.74, 6) is -1.40. The molecule has 0 aliphatic carbocycles. The minimum Gasteiger partial charge on any atom is -0.480 e. The van der Waals surface area contributed by atoms with Crippen LogP contribution in [0.5, 0.6) is 0 Å². The van der Waals surface area contributed by atoms with E-state index in [0.29, 0.717) is 6.61 Å². The third kappa shape index (κ3) is 7.35. The van der Waals surface area contributed by atoms with Crippen molar-refractivity contribution in [2.24, 2.45) is 0 Å². The molecule has 190 valence electrons. The van der Waals surface area contributed by atoms with E-state index in [1.807, 2.05) is 0 Å². The van der Waals surface area contributed by atoms with Gasteiger partial charge in [0.1, 0.15) is 22.8 Å². The SMILES string of the molecule is CC(C)(C(=O)NC(CCOCCCCc1ccc2c(n1)NCCC2)C(=O)O)c1cc(F)cnc1Cl. The number of anilines is 1. The van der Waals surface area contributed by atoms with Crippen molar-refractivity contribution in [3.63, 3.8) is 0 Å². The number of halogens is 2. The van der Waals surface area contributed by atoms with Gasteiger partial charge < -0.3 is 20.5 Å². The lowest BCUT2D eigenvalue weighted by molar-refractivity contribution is -0.143. The summed E-state index contributed by atoms with van der Waals surface area (Å²) in [5, 5.41) is 15.4. The second-order valence-corrected chi connectivity index (χ2v) is 9.54. The number of carbonyl (C=O) groups excluding carboxylic acids is 1. The van der Waals surface area contributed by atoms with Crippen molar-refractivity contribution >= 4 is 29.3 Å². The van der Waals surface area contributed by atoms with Crippen molar-refractivity contribution < 1.29 is 23.8 Å². The van der Waals surface area contributed by atoms with E-state index in [9.17, 15) is 19.1 Å². The van der Waals surface area contributed by atoms with Crippen molar-refractivity contribution in [2.45, 2.75) is 63.8 Å². The minimum atomic E-state index is -1.28. The van der Waals surface area contributed by atoms with Crippen LogP contribution in [0.2, 0.25) is 5.15 Å². The largest absolute Gasteiger partial charge is 0.480 e. The van der Waals surface area contributed by atoms with E-state index < -0.39 is 29.2 Å². The molecule has 1 unspecified atom stereocenters. The highest BCUT2D eigenvalue weighted by Crippen LogP contribution is 2.29. The third-order valence-electron chi connectivity index (χ3n) is 6.12. The Morgan fingerprint density at radius 1 is 1.31 bits per heavy atom. The molecule has 1 amide bonds. The predicted octanol–water partition coefficient (Wildman–Crippen LogP) is 3.90. The number of fused-ring (bicyclic) bond motifs is 1. The Morgan fingerprint density at radius 2 is 2.11 bits per heavy atom. The standard InChI is InChI=1S/C25H32ClFN4O4/c1-25(2,19-14-17(27)15-29-21(19)26)24(34)31-20(23(32)33)10-13-35-12-4-3-7-18-9-8-16-6-5-11-28-22(16)30-18/h8-9,14-15,20H,3-7,10-13H2,1-2H3,(H,28,30)(H,31,34)(H,32,33). The summed E-state index contributed by atoms with van der Waals surface area (Å²) < 4.78 is 19.2. The molecule has 0 bridgehead atoms. The van der Waals surface area contributed by atoms with Gasteiger partial charge >= 0.3 is 5.97 Å². The van der Waals surface area contributed by atoms with E-state index in [-0.39, 0.29) is 23.7 Å². The molecule has 1 aliphatic heterocycles. The first-order chi connectivity index (χ1) is 16.7. The van der Waals surface area contributed by atoms with Gasteiger partial charge in [0.05, 0.1) is 11.6 Å². The molecule has 1 aliphatic rings. The Kier molecular flexibility index (Phi) is 9.40. The topological polar surface area (TPSA) is 113 Å². The molecular formula is C25H32ClFN4O4. The number of amides is 1. The van der Waals surface area contributed by atoms with Crippen molar-refractivity contribution in [2.75, 3.05) is 25.1 Å². The van der Waals surface area contributed by atoms with Gasteiger partial charge in [0.25, 0.3) is 0 Å². The highest BCUT2D eigenvalue weighted by Gasteiger charge is 2.35. The van der Waals surface area contributed by atoms with Gasteiger partial charge in [-0.15, -0.1) is 0 Å². The fourth-order valence-corrected chi connectivity index (χ4v) is 4.24. The Labute approximate surface area is 209 Å². The predicted molar refractivity (Wildman–Crippen MR) is 131 cm³/mol. The quantitative estimate of drug-likeness (QED) is 0.295. The number of carboxylic acid groups (broad SMARTS) is 1. The summed E-state index contributed by atoms with van der Waals surface area (Å²) >= 11 is 6.04. The summed E-state index contributed by atoms with van der Waals surface area (Å²) in [7, 11) is 0. The summed E-state index contributed by atoms with van der Waals surface area (Å²) in [6, 6.07) is 4.20. The second-order valence-electron chi connectivity index (χ2n) is 9.18. The fraction of sp³-hybridized carbons (Fsp3) is 0.520. The number of hydrogen-bond donors (Lipinski definition) is 3. The maximum atomic E-state index is 13.6. The molecule has 10 heteroatoms. The first-order valence-electron chi connectivity index (χ1n) is 11.8. The maximum Gasteiger partial charge on any atom is 0.326 e. The van der Waals surface area contributed by atoms with Crippen LogP contribution in [0.25, 0.3) is 0 Å². The molecule has 0 saturated heterocycles. The number of aromatic nitrogens is 2. The highest BCUT2D eigenvalue weighted by molar-refractivity contribution is 6.30. The zero-order valence-electron chi connectivity index (χ0n) is 20.1. The van der Waals surface area contributed by atoms with Gasteiger partial charge in [-0.2, -0.15) is 0 Å². The summed E-state index contributed by atoms with van der Waals surface area (Å²) in [5.41, 5.74) is 1.22. The molecule has 2 aromatic rings. The van der Waals surface area contributed by atoms with E-state index in [2.05, 4.69) is 32.7 Å². The number of carboxylic acids is 1. The van der Waals surface area contributed by atoms with Crippen LogP contribution in [0.1, 0.15) is 56.4 Å². The fourth-order valence-electron chi connectivity index (χ4n) is 3.90. The van der Waals surface area contributed by atoms with Crippen molar-refractivity contribution in [1.82, 2.24) is 15.3 Å². The van der Waals surface area contributed by atoms with Crippen LogP contribution in [0, 0.1) is 5.82 Å². The van der Waals surface area contributed by atoms with E-state index in [1.54, 1.807) is 0 Å². The summed E-state index contributed by atoms with van der Waals surface area (Å²) in [6.07, 6.45) is 5.82. The van der Waals surface area contributed by atoms with Crippen molar-refractivity contribution in [3.05, 3.63) is 52.2 Å².